The predicted molar refractivity (Wildman–Crippen MR) is 156 cm³/mol. The Balaban J connectivity index is 1.19. The highest BCUT2D eigenvalue weighted by molar-refractivity contribution is 5.97. The van der Waals surface area contributed by atoms with Gasteiger partial charge in [0.1, 0.15) is 11.3 Å². The number of rotatable bonds is 5. The molecular formula is C31H23N9O2. The van der Waals surface area contributed by atoms with Crippen molar-refractivity contribution in [2.24, 2.45) is 0 Å². The standard InChI is InChI=1S/C31H23N9O2/c32-28-23(3-1-12-33-28)29-36-25-9-11-27(39-14-2-13-34-39)38-30(25)40(29)21-6-7-22-18(16-21)4-8-24(22)37-31(41)19-5-10-26-20(15-19)17-35-42-26/h1-3,5-7,9-17,24H,4,8H2,(H2,32,33)(H,37,41)/t24-/m0/s1. The highest BCUT2D eigenvalue weighted by atomic mass is 16.5. The summed E-state index contributed by atoms with van der Waals surface area (Å²) in [4.78, 5) is 27.3. The number of fused-ring (bicyclic) bond motifs is 3. The molecule has 7 aromatic rings. The van der Waals surface area contributed by atoms with E-state index in [4.69, 9.17) is 20.2 Å². The number of pyridine rings is 2. The molecular weight excluding hydrogens is 530 g/mol. The van der Waals surface area contributed by atoms with Crippen LogP contribution >= 0.6 is 0 Å². The first-order valence-electron chi connectivity index (χ1n) is 13.5. The molecule has 42 heavy (non-hydrogen) atoms. The third-order valence-corrected chi connectivity index (χ3v) is 7.69. The van der Waals surface area contributed by atoms with Crippen molar-refractivity contribution in [3.05, 3.63) is 108 Å². The molecule has 5 aromatic heterocycles. The largest absolute Gasteiger partial charge is 0.383 e. The van der Waals surface area contributed by atoms with Crippen LogP contribution < -0.4 is 11.1 Å². The van der Waals surface area contributed by atoms with E-state index in [1.54, 1.807) is 41.5 Å². The van der Waals surface area contributed by atoms with Gasteiger partial charge < -0.3 is 15.6 Å². The third kappa shape index (κ3) is 3.90. The SMILES string of the molecule is Nc1ncccc1-c1nc2ccc(-n3cccn3)nc2n1-c1ccc2c(c1)CC[C@@H]2NC(=O)c1ccc2oncc2c1. The van der Waals surface area contributed by atoms with Gasteiger partial charge in [-0.3, -0.25) is 9.36 Å². The summed E-state index contributed by atoms with van der Waals surface area (Å²) in [5.41, 5.74) is 12.8. The van der Waals surface area contributed by atoms with E-state index in [1.807, 2.05) is 47.2 Å². The lowest BCUT2D eigenvalue weighted by Gasteiger charge is -2.16. The number of carbonyl (C=O) groups excluding carboxylic acids is 1. The van der Waals surface area contributed by atoms with Crippen LogP contribution in [0.1, 0.15) is 33.9 Å². The molecule has 1 aliphatic rings. The van der Waals surface area contributed by atoms with E-state index in [2.05, 4.69) is 32.7 Å². The summed E-state index contributed by atoms with van der Waals surface area (Å²) in [6, 6.07) is 20.9. The number of nitrogens with zero attached hydrogens (tertiary/aromatic N) is 7. The number of amides is 1. The molecule has 3 N–H and O–H groups in total. The Morgan fingerprint density at radius 2 is 1.98 bits per heavy atom. The second-order valence-corrected chi connectivity index (χ2v) is 10.2. The lowest BCUT2D eigenvalue weighted by Crippen LogP contribution is -2.27. The molecule has 0 saturated heterocycles. The Morgan fingerprint density at radius 1 is 1.02 bits per heavy atom. The Labute approximate surface area is 238 Å². The molecule has 11 heteroatoms. The Kier molecular flexibility index (Phi) is 5.36. The fourth-order valence-electron chi connectivity index (χ4n) is 5.66. The molecule has 1 aliphatic carbocycles. The van der Waals surface area contributed by atoms with Crippen LogP contribution in [0.3, 0.4) is 0 Å². The molecule has 5 heterocycles. The number of nitrogens with two attached hydrogens (primary N) is 1. The number of hydrogen-bond acceptors (Lipinski definition) is 8. The van der Waals surface area contributed by atoms with Crippen LogP contribution in [0, 0.1) is 0 Å². The summed E-state index contributed by atoms with van der Waals surface area (Å²) in [7, 11) is 0. The first kappa shape index (κ1) is 24.0. The number of anilines is 1. The number of imidazole rings is 1. The van der Waals surface area contributed by atoms with E-state index < -0.39 is 0 Å². The molecule has 1 amide bonds. The fraction of sp³-hybridized carbons (Fsp3) is 0.0968. The smallest absolute Gasteiger partial charge is 0.251 e. The molecule has 11 nitrogen and oxygen atoms in total. The number of aromatic nitrogens is 7. The van der Waals surface area contributed by atoms with Gasteiger partial charge in [0.05, 0.1) is 17.8 Å². The minimum absolute atomic E-state index is 0.0998. The molecule has 8 rings (SSSR count). The number of hydrogen-bond donors (Lipinski definition) is 2. The Hall–Kier alpha value is -5.84. The van der Waals surface area contributed by atoms with Crippen LogP contribution in [0.25, 0.3) is 45.0 Å². The second kappa shape index (κ2) is 9.37. The number of carbonyl (C=O) groups is 1. The van der Waals surface area contributed by atoms with E-state index >= 15 is 0 Å². The van der Waals surface area contributed by atoms with E-state index in [0.717, 1.165) is 40.6 Å². The van der Waals surface area contributed by atoms with Crippen molar-refractivity contribution in [2.45, 2.75) is 18.9 Å². The summed E-state index contributed by atoms with van der Waals surface area (Å²) in [6.07, 6.45) is 8.46. The minimum Gasteiger partial charge on any atom is -0.383 e. The summed E-state index contributed by atoms with van der Waals surface area (Å²) >= 11 is 0. The molecule has 0 aliphatic heterocycles. The van der Waals surface area contributed by atoms with Crippen LogP contribution in [0.4, 0.5) is 5.82 Å². The summed E-state index contributed by atoms with van der Waals surface area (Å²) in [6.45, 7) is 0. The van der Waals surface area contributed by atoms with E-state index in [1.165, 1.54) is 0 Å². The first-order chi connectivity index (χ1) is 20.6. The maximum Gasteiger partial charge on any atom is 0.251 e. The molecule has 0 saturated carbocycles. The van der Waals surface area contributed by atoms with Gasteiger partial charge in [-0.25, -0.2) is 19.6 Å². The van der Waals surface area contributed by atoms with Gasteiger partial charge in [-0.2, -0.15) is 5.10 Å². The summed E-state index contributed by atoms with van der Waals surface area (Å²) in [5, 5.41) is 12.1. The lowest BCUT2D eigenvalue weighted by atomic mass is 10.1. The van der Waals surface area contributed by atoms with E-state index in [0.29, 0.717) is 39.8 Å². The van der Waals surface area contributed by atoms with Crippen molar-refractivity contribution in [3.8, 4) is 22.9 Å². The highest BCUT2D eigenvalue weighted by Crippen LogP contribution is 2.36. The highest BCUT2D eigenvalue weighted by Gasteiger charge is 2.26. The maximum absolute atomic E-state index is 13.1. The minimum atomic E-state index is -0.134. The molecule has 0 bridgehead atoms. The van der Waals surface area contributed by atoms with Gasteiger partial charge in [0.2, 0.25) is 0 Å². The van der Waals surface area contributed by atoms with Crippen molar-refractivity contribution < 1.29 is 9.32 Å². The van der Waals surface area contributed by atoms with Gasteiger partial charge in [-0.05, 0) is 84.6 Å². The first-order valence-corrected chi connectivity index (χ1v) is 13.5. The zero-order chi connectivity index (χ0) is 28.2. The average molecular weight is 554 g/mol. The van der Waals surface area contributed by atoms with Crippen LogP contribution in [0.2, 0.25) is 0 Å². The van der Waals surface area contributed by atoms with E-state index in [-0.39, 0.29) is 11.9 Å². The Bertz CT molecular complexity index is 2130. The van der Waals surface area contributed by atoms with Crippen molar-refractivity contribution in [2.75, 3.05) is 5.73 Å². The van der Waals surface area contributed by atoms with Crippen LogP contribution in [0.15, 0.2) is 96.0 Å². The van der Waals surface area contributed by atoms with Crippen LogP contribution in [0.5, 0.6) is 0 Å². The molecule has 0 spiro atoms. The normalized spacial score (nSPS) is 14.4. The van der Waals surface area contributed by atoms with Crippen molar-refractivity contribution >= 4 is 33.9 Å². The number of nitrogens with one attached hydrogen (secondary N) is 1. The van der Waals surface area contributed by atoms with Crippen molar-refractivity contribution in [1.82, 2.24) is 39.8 Å². The van der Waals surface area contributed by atoms with Gasteiger partial charge in [-0.15, -0.1) is 0 Å². The second-order valence-electron chi connectivity index (χ2n) is 10.2. The number of aryl methyl sites for hydroxylation is 1. The van der Waals surface area contributed by atoms with Crippen LogP contribution in [-0.2, 0) is 6.42 Å². The molecule has 1 atom stereocenters. The zero-order valence-electron chi connectivity index (χ0n) is 22.2. The van der Waals surface area contributed by atoms with Crippen molar-refractivity contribution in [3.63, 3.8) is 0 Å². The van der Waals surface area contributed by atoms with Crippen LogP contribution in [-0.4, -0.2) is 40.4 Å². The van der Waals surface area contributed by atoms with E-state index in [9.17, 15) is 4.79 Å². The predicted octanol–water partition coefficient (Wildman–Crippen LogP) is 4.81. The molecule has 2 aromatic carbocycles. The lowest BCUT2D eigenvalue weighted by molar-refractivity contribution is 0.0937. The van der Waals surface area contributed by atoms with Gasteiger partial charge in [0.25, 0.3) is 5.91 Å². The van der Waals surface area contributed by atoms with Gasteiger partial charge in [0.15, 0.2) is 22.9 Å². The quantitative estimate of drug-likeness (QED) is 0.309. The molecule has 0 unspecified atom stereocenters. The maximum atomic E-state index is 13.1. The molecule has 0 fully saturated rings. The van der Waals surface area contributed by atoms with Gasteiger partial charge in [-0.1, -0.05) is 11.2 Å². The topological polar surface area (TPSA) is 143 Å². The van der Waals surface area contributed by atoms with Gasteiger partial charge >= 0.3 is 0 Å². The average Bonchev–Trinajstić information content (AvgIpc) is 3.83. The zero-order valence-corrected chi connectivity index (χ0v) is 22.2. The number of nitrogen functional groups attached to an aromatic ring is 1. The monoisotopic (exact) mass is 553 g/mol. The van der Waals surface area contributed by atoms with Gasteiger partial charge in [0, 0.05) is 35.2 Å². The Morgan fingerprint density at radius 3 is 2.86 bits per heavy atom. The summed E-state index contributed by atoms with van der Waals surface area (Å²) < 4.78 is 8.89. The molecule has 204 valence electrons. The fourth-order valence-corrected chi connectivity index (χ4v) is 5.66. The molecule has 0 radical (unpaired) electrons. The third-order valence-electron chi connectivity index (χ3n) is 7.69. The number of benzene rings is 2. The summed E-state index contributed by atoms with van der Waals surface area (Å²) in [5.74, 6) is 1.57. The van der Waals surface area contributed by atoms with Crippen molar-refractivity contribution in [1.29, 1.82) is 0 Å².